The van der Waals surface area contributed by atoms with E-state index >= 15 is 0 Å². The Labute approximate surface area is 116 Å². The first-order valence-corrected chi connectivity index (χ1v) is 7.47. The van der Waals surface area contributed by atoms with Crippen LogP contribution in [0.5, 0.6) is 0 Å². The lowest BCUT2D eigenvalue weighted by atomic mass is 10.0. The van der Waals surface area contributed by atoms with E-state index in [4.69, 9.17) is 33.7 Å². The quantitative estimate of drug-likeness (QED) is 0.930. The van der Waals surface area contributed by atoms with Crippen LogP contribution in [-0.2, 0) is 11.2 Å². The van der Waals surface area contributed by atoms with E-state index in [9.17, 15) is 0 Å². The molecule has 1 heterocycles. The van der Waals surface area contributed by atoms with Crippen molar-refractivity contribution >= 4 is 35.0 Å². The third kappa shape index (κ3) is 3.76. The Kier molecular flexibility index (Phi) is 5.00. The molecule has 1 fully saturated rings. The van der Waals surface area contributed by atoms with Gasteiger partial charge in [-0.25, -0.2) is 0 Å². The van der Waals surface area contributed by atoms with Gasteiger partial charge in [0.1, 0.15) is 0 Å². The topological polar surface area (TPSA) is 35.2 Å². The maximum atomic E-state index is 6.16. The highest BCUT2D eigenvalue weighted by atomic mass is 35.5. The number of halogens is 2. The third-order valence-corrected chi connectivity index (χ3v) is 4.41. The Morgan fingerprint density at radius 2 is 2.29 bits per heavy atom. The van der Waals surface area contributed by atoms with Gasteiger partial charge in [0, 0.05) is 27.6 Å². The van der Waals surface area contributed by atoms with Crippen LogP contribution in [0.3, 0.4) is 0 Å². The molecule has 0 aliphatic carbocycles. The minimum Gasteiger partial charge on any atom is -0.375 e. The van der Waals surface area contributed by atoms with Gasteiger partial charge in [-0.15, -0.1) is 0 Å². The SMILES string of the molecule is NC(Cc1cc(Cl)ccc1Cl)C1CSCCO1. The van der Waals surface area contributed by atoms with Gasteiger partial charge in [0.05, 0.1) is 12.7 Å². The predicted octanol–water partition coefficient (Wildman–Crippen LogP) is 3.00. The van der Waals surface area contributed by atoms with E-state index in [0.717, 1.165) is 23.7 Å². The van der Waals surface area contributed by atoms with Crippen LogP contribution in [0.1, 0.15) is 5.56 Å². The van der Waals surface area contributed by atoms with Crippen molar-refractivity contribution in [3.63, 3.8) is 0 Å². The monoisotopic (exact) mass is 291 g/mol. The fraction of sp³-hybridized carbons (Fsp3) is 0.500. The Morgan fingerprint density at radius 3 is 3.00 bits per heavy atom. The molecule has 1 aromatic rings. The largest absolute Gasteiger partial charge is 0.375 e. The molecule has 0 amide bonds. The first-order valence-electron chi connectivity index (χ1n) is 5.55. The minimum atomic E-state index is -0.0289. The van der Waals surface area contributed by atoms with Gasteiger partial charge in [0.2, 0.25) is 0 Å². The summed E-state index contributed by atoms with van der Waals surface area (Å²) in [7, 11) is 0. The number of rotatable bonds is 3. The van der Waals surface area contributed by atoms with Gasteiger partial charge in [-0.05, 0) is 30.2 Å². The average molecular weight is 292 g/mol. The summed E-state index contributed by atoms with van der Waals surface area (Å²) in [5.74, 6) is 2.01. The van der Waals surface area contributed by atoms with Crippen LogP contribution < -0.4 is 5.73 Å². The van der Waals surface area contributed by atoms with Crippen LogP contribution in [0, 0.1) is 0 Å². The summed E-state index contributed by atoms with van der Waals surface area (Å²) >= 11 is 14.0. The van der Waals surface area contributed by atoms with E-state index in [0.29, 0.717) is 16.5 Å². The number of nitrogens with two attached hydrogens (primary N) is 1. The van der Waals surface area contributed by atoms with Crippen molar-refractivity contribution in [3.05, 3.63) is 33.8 Å². The highest BCUT2D eigenvalue weighted by molar-refractivity contribution is 7.99. The van der Waals surface area contributed by atoms with Crippen LogP contribution in [0.4, 0.5) is 0 Å². The number of benzene rings is 1. The van der Waals surface area contributed by atoms with Gasteiger partial charge in [0.25, 0.3) is 0 Å². The number of hydrogen-bond donors (Lipinski definition) is 1. The molecular formula is C12H15Cl2NOS. The van der Waals surface area contributed by atoms with Crippen molar-refractivity contribution in [2.24, 2.45) is 5.73 Å². The van der Waals surface area contributed by atoms with E-state index < -0.39 is 0 Å². The highest BCUT2D eigenvalue weighted by Crippen LogP contribution is 2.23. The smallest absolute Gasteiger partial charge is 0.0819 e. The van der Waals surface area contributed by atoms with Crippen LogP contribution >= 0.6 is 35.0 Å². The highest BCUT2D eigenvalue weighted by Gasteiger charge is 2.22. The molecule has 1 aliphatic heterocycles. The number of hydrogen-bond acceptors (Lipinski definition) is 3. The minimum absolute atomic E-state index is 0.0289. The second-order valence-electron chi connectivity index (χ2n) is 4.09. The van der Waals surface area contributed by atoms with Crippen LogP contribution in [0.15, 0.2) is 18.2 Å². The van der Waals surface area contributed by atoms with Crippen LogP contribution in [0.25, 0.3) is 0 Å². The molecule has 5 heteroatoms. The maximum Gasteiger partial charge on any atom is 0.0819 e. The van der Waals surface area contributed by atoms with E-state index in [1.807, 2.05) is 23.9 Å². The van der Waals surface area contributed by atoms with Crippen LogP contribution in [0.2, 0.25) is 10.0 Å². The van der Waals surface area contributed by atoms with Gasteiger partial charge >= 0.3 is 0 Å². The van der Waals surface area contributed by atoms with E-state index in [2.05, 4.69) is 0 Å². The Morgan fingerprint density at radius 1 is 1.47 bits per heavy atom. The van der Waals surface area contributed by atoms with Crippen molar-refractivity contribution in [2.45, 2.75) is 18.6 Å². The van der Waals surface area contributed by atoms with Crippen molar-refractivity contribution in [2.75, 3.05) is 18.1 Å². The Bertz CT molecular complexity index is 383. The van der Waals surface area contributed by atoms with Crippen molar-refractivity contribution in [3.8, 4) is 0 Å². The van der Waals surface area contributed by atoms with E-state index in [1.54, 1.807) is 6.07 Å². The summed E-state index contributed by atoms with van der Waals surface area (Å²) < 4.78 is 5.66. The van der Waals surface area contributed by atoms with Crippen LogP contribution in [-0.4, -0.2) is 30.3 Å². The molecule has 0 radical (unpaired) electrons. The lowest BCUT2D eigenvalue weighted by Crippen LogP contribution is -2.42. The van der Waals surface area contributed by atoms with Gasteiger partial charge < -0.3 is 10.5 Å². The fourth-order valence-corrected chi connectivity index (χ4v) is 3.18. The van der Waals surface area contributed by atoms with Crippen molar-refractivity contribution in [1.82, 2.24) is 0 Å². The van der Waals surface area contributed by atoms with Gasteiger partial charge in [0.15, 0.2) is 0 Å². The summed E-state index contributed by atoms with van der Waals surface area (Å²) in [6.07, 6.45) is 0.814. The normalized spacial score (nSPS) is 22.4. The summed E-state index contributed by atoms with van der Waals surface area (Å²) in [6, 6.07) is 5.44. The summed E-state index contributed by atoms with van der Waals surface area (Å²) in [4.78, 5) is 0. The van der Waals surface area contributed by atoms with Gasteiger partial charge in [-0.2, -0.15) is 11.8 Å². The van der Waals surface area contributed by atoms with Crippen molar-refractivity contribution < 1.29 is 4.74 Å². The molecule has 0 saturated carbocycles. The molecule has 0 spiro atoms. The lowest BCUT2D eigenvalue weighted by molar-refractivity contribution is 0.0572. The molecule has 2 nitrogen and oxygen atoms in total. The molecule has 2 unspecified atom stereocenters. The third-order valence-electron chi connectivity index (χ3n) is 2.78. The first-order chi connectivity index (χ1) is 8.16. The molecule has 0 bridgehead atoms. The number of ether oxygens (including phenoxy) is 1. The lowest BCUT2D eigenvalue weighted by Gasteiger charge is -2.27. The average Bonchev–Trinajstić information content (AvgIpc) is 2.35. The Balaban J connectivity index is 2.01. The Hall–Kier alpha value is 0.0700. The number of thioether (sulfide) groups is 1. The second-order valence-corrected chi connectivity index (χ2v) is 6.08. The van der Waals surface area contributed by atoms with E-state index in [1.165, 1.54) is 0 Å². The predicted molar refractivity (Wildman–Crippen MR) is 75.2 cm³/mol. The zero-order chi connectivity index (χ0) is 12.3. The molecule has 1 aromatic carbocycles. The molecule has 2 N–H and O–H groups in total. The molecule has 1 aliphatic rings. The molecule has 2 rings (SSSR count). The second kappa shape index (κ2) is 6.30. The molecule has 94 valence electrons. The fourth-order valence-electron chi connectivity index (χ4n) is 1.84. The van der Waals surface area contributed by atoms with Gasteiger partial charge in [-0.1, -0.05) is 23.2 Å². The first kappa shape index (κ1) is 13.5. The summed E-state index contributed by atoms with van der Waals surface area (Å²) in [5, 5.41) is 1.41. The zero-order valence-corrected chi connectivity index (χ0v) is 11.7. The maximum absolute atomic E-state index is 6.16. The zero-order valence-electron chi connectivity index (χ0n) is 9.36. The van der Waals surface area contributed by atoms with Gasteiger partial charge in [-0.3, -0.25) is 0 Å². The molecule has 0 aromatic heterocycles. The summed E-state index contributed by atoms with van der Waals surface area (Å²) in [6.45, 7) is 0.784. The molecule has 2 atom stereocenters. The molecular weight excluding hydrogens is 277 g/mol. The van der Waals surface area contributed by atoms with E-state index in [-0.39, 0.29) is 12.1 Å². The standard InChI is InChI=1S/C12H15Cl2NOS/c13-9-1-2-10(14)8(5-9)6-11(15)12-7-17-4-3-16-12/h1-2,5,11-12H,3-4,6-7,15H2. The molecule has 1 saturated heterocycles. The van der Waals surface area contributed by atoms with Crippen molar-refractivity contribution in [1.29, 1.82) is 0 Å². The summed E-state index contributed by atoms with van der Waals surface area (Å²) in [5.41, 5.74) is 7.15. The molecule has 17 heavy (non-hydrogen) atoms.